The highest BCUT2D eigenvalue weighted by atomic mass is 16.2. The number of rotatable bonds is 6. The molecule has 0 saturated heterocycles. The second kappa shape index (κ2) is 6.22. The molecular weight excluding hydrogens is 206 g/mol. The average molecular weight is 225 g/mol. The molecule has 0 fully saturated rings. The van der Waals surface area contributed by atoms with Crippen molar-refractivity contribution in [2.24, 2.45) is 11.7 Å². The first-order valence-electron chi connectivity index (χ1n) is 5.52. The van der Waals surface area contributed by atoms with Crippen molar-refractivity contribution in [1.29, 1.82) is 0 Å². The predicted molar refractivity (Wildman–Crippen MR) is 60.5 cm³/mol. The zero-order valence-corrected chi connectivity index (χ0v) is 9.73. The van der Waals surface area contributed by atoms with Crippen molar-refractivity contribution in [2.75, 3.05) is 6.54 Å². The lowest BCUT2D eigenvalue weighted by Gasteiger charge is -2.17. The number of aromatic nitrogens is 3. The molecule has 0 spiro atoms. The quantitative estimate of drug-likeness (QED) is 0.626. The van der Waals surface area contributed by atoms with E-state index in [2.05, 4.69) is 20.5 Å². The van der Waals surface area contributed by atoms with Gasteiger partial charge in [-0.05, 0) is 5.92 Å². The third-order valence-corrected chi connectivity index (χ3v) is 2.69. The van der Waals surface area contributed by atoms with Gasteiger partial charge < -0.3 is 11.1 Å². The fourth-order valence-corrected chi connectivity index (χ4v) is 1.29. The van der Waals surface area contributed by atoms with Gasteiger partial charge in [0.1, 0.15) is 12.2 Å². The normalized spacial score (nSPS) is 14.4. The van der Waals surface area contributed by atoms with Gasteiger partial charge in [0.2, 0.25) is 5.91 Å². The number of aromatic amines is 1. The van der Waals surface area contributed by atoms with Gasteiger partial charge in [-0.25, -0.2) is 4.98 Å². The molecule has 1 unspecified atom stereocenters. The lowest BCUT2D eigenvalue weighted by Crippen LogP contribution is -2.45. The molecule has 0 aliphatic rings. The third-order valence-electron chi connectivity index (χ3n) is 2.69. The lowest BCUT2D eigenvalue weighted by molar-refractivity contribution is -0.123. The minimum Gasteiger partial charge on any atom is -0.354 e. The monoisotopic (exact) mass is 225 g/mol. The highest BCUT2D eigenvalue weighted by Crippen LogP contribution is 2.04. The van der Waals surface area contributed by atoms with Crippen LogP contribution in [0.1, 0.15) is 26.1 Å². The zero-order valence-electron chi connectivity index (χ0n) is 9.73. The van der Waals surface area contributed by atoms with E-state index in [-0.39, 0.29) is 11.8 Å². The van der Waals surface area contributed by atoms with Gasteiger partial charge in [0.25, 0.3) is 0 Å². The molecule has 90 valence electrons. The number of nitrogens with zero attached hydrogens (tertiary/aromatic N) is 2. The van der Waals surface area contributed by atoms with Crippen LogP contribution in [0, 0.1) is 5.92 Å². The third kappa shape index (κ3) is 3.62. The van der Waals surface area contributed by atoms with Gasteiger partial charge in [-0.1, -0.05) is 20.3 Å². The molecule has 0 saturated carbocycles. The summed E-state index contributed by atoms with van der Waals surface area (Å²) in [6.07, 6.45) is 2.98. The van der Waals surface area contributed by atoms with E-state index in [4.69, 9.17) is 5.73 Å². The lowest BCUT2D eigenvalue weighted by atomic mass is 9.99. The van der Waals surface area contributed by atoms with E-state index in [1.807, 2.05) is 13.8 Å². The van der Waals surface area contributed by atoms with Gasteiger partial charge in [0.15, 0.2) is 0 Å². The number of hydrogen-bond acceptors (Lipinski definition) is 4. The molecule has 4 N–H and O–H groups in total. The molecule has 1 amide bonds. The van der Waals surface area contributed by atoms with Crippen LogP contribution >= 0.6 is 0 Å². The Morgan fingerprint density at radius 2 is 2.44 bits per heavy atom. The van der Waals surface area contributed by atoms with Gasteiger partial charge in [-0.15, -0.1) is 0 Å². The maximum Gasteiger partial charge on any atom is 0.237 e. The molecule has 16 heavy (non-hydrogen) atoms. The Kier molecular flexibility index (Phi) is 4.91. The van der Waals surface area contributed by atoms with E-state index in [1.54, 1.807) is 0 Å². The van der Waals surface area contributed by atoms with E-state index in [0.29, 0.717) is 13.0 Å². The van der Waals surface area contributed by atoms with Crippen LogP contribution in [-0.2, 0) is 11.2 Å². The number of hydrogen-bond donors (Lipinski definition) is 3. The van der Waals surface area contributed by atoms with Crippen LogP contribution in [0.2, 0.25) is 0 Å². The van der Waals surface area contributed by atoms with Crippen molar-refractivity contribution in [3.63, 3.8) is 0 Å². The Hall–Kier alpha value is -1.43. The fraction of sp³-hybridized carbons (Fsp3) is 0.700. The number of nitrogens with two attached hydrogens (primary N) is 1. The minimum absolute atomic E-state index is 0.103. The van der Waals surface area contributed by atoms with Gasteiger partial charge in [-0.3, -0.25) is 9.89 Å². The van der Waals surface area contributed by atoms with Crippen LogP contribution in [-0.4, -0.2) is 33.7 Å². The summed E-state index contributed by atoms with van der Waals surface area (Å²) < 4.78 is 0. The van der Waals surface area contributed by atoms with Gasteiger partial charge in [-0.2, -0.15) is 5.10 Å². The summed E-state index contributed by atoms with van der Waals surface area (Å²) in [6.45, 7) is 4.52. The van der Waals surface area contributed by atoms with Gasteiger partial charge >= 0.3 is 0 Å². The first-order chi connectivity index (χ1) is 7.65. The summed E-state index contributed by atoms with van der Waals surface area (Å²) in [4.78, 5) is 15.5. The molecule has 6 nitrogen and oxygen atoms in total. The van der Waals surface area contributed by atoms with Crippen molar-refractivity contribution >= 4 is 5.91 Å². The van der Waals surface area contributed by atoms with E-state index in [0.717, 1.165) is 12.2 Å². The topological polar surface area (TPSA) is 96.7 Å². The van der Waals surface area contributed by atoms with Gasteiger partial charge in [0.05, 0.1) is 6.04 Å². The molecular formula is C10H19N5O. The van der Waals surface area contributed by atoms with E-state index < -0.39 is 6.04 Å². The Morgan fingerprint density at radius 3 is 3.00 bits per heavy atom. The van der Waals surface area contributed by atoms with E-state index in [1.165, 1.54) is 6.33 Å². The predicted octanol–water partition coefficient (Wildman–Crippen LogP) is -0.163. The van der Waals surface area contributed by atoms with E-state index >= 15 is 0 Å². The van der Waals surface area contributed by atoms with Crippen LogP contribution in [0.4, 0.5) is 0 Å². The number of nitrogens with one attached hydrogen (secondary N) is 2. The smallest absolute Gasteiger partial charge is 0.237 e. The molecule has 0 bridgehead atoms. The molecule has 2 atom stereocenters. The first kappa shape index (κ1) is 12.6. The summed E-state index contributed by atoms with van der Waals surface area (Å²) in [5.74, 6) is 0.858. The summed E-state index contributed by atoms with van der Waals surface area (Å²) in [5, 5.41) is 9.24. The molecule has 6 heteroatoms. The largest absolute Gasteiger partial charge is 0.354 e. The summed E-state index contributed by atoms with van der Waals surface area (Å²) in [6, 6.07) is -0.431. The Balaban J connectivity index is 2.24. The molecule has 0 aliphatic heterocycles. The van der Waals surface area contributed by atoms with Crippen molar-refractivity contribution in [2.45, 2.75) is 32.7 Å². The summed E-state index contributed by atoms with van der Waals surface area (Å²) in [5.41, 5.74) is 5.78. The average Bonchev–Trinajstić information content (AvgIpc) is 2.79. The van der Waals surface area contributed by atoms with Crippen molar-refractivity contribution in [3.8, 4) is 0 Å². The summed E-state index contributed by atoms with van der Waals surface area (Å²) in [7, 11) is 0. The molecule has 1 rings (SSSR count). The number of H-pyrrole nitrogens is 1. The SMILES string of the molecule is CCC(C)[C@H](N)C(=O)NCCc1ncn[nH]1. The maximum absolute atomic E-state index is 11.6. The molecule has 0 radical (unpaired) electrons. The highest BCUT2D eigenvalue weighted by Gasteiger charge is 2.18. The Labute approximate surface area is 95.0 Å². The Bertz CT molecular complexity index is 311. The number of carbonyl (C=O) groups is 1. The summed E-state index contributed by atoms with van der Waals surface area (Å²) >= 11 is 0. The molecule has 1 aromatic rings. The number of carbonyl (C=O) groups excluding carboxylic acids is 1. The minimum atomic E-state index is -0.431. The number of amides is 1. The standard InChI is InChI=1S/C10H19N5O/c1-3-7(2)9(11)10(16)12-5-4-8-13-6-14-15-8/h6-7,9H,3-5,11H2,1-2H3,(H,12,16)(H,13,14,15)/t7?,9-/m0/s1. The molecule has 1 heterocycles. The van der Waals surface area contributed by atoms with E-state index in [9.17, 15) is 4.79 Å². The first-order valence-corrected chi connectivity index (χ1v) is 5.52. The fourth-order valence-electron chi connectivity index (χ4n) is 1.29. The molecule has 1 aromatic heterocycles. The maximum atomic E-state index is 11.6. The van der Waals surface area contributed by atoms with Crippen LogP contribution in [0.3, 0.4) is 0 Å². The Morgan fingerprint density at radius 1 is 1.69 bits per heavy atom. The van der Waals surface area contributed by atoms with Crippen molar-refractivity contribution in [1.82, 2.24) is 20.5 Å². The van der Waals surface area contributed by atoms with Crippen LogP contribution in [0.15, 0.2) is 6.33 Å². The molecule has 0 aromatic carbocycles. The molecule has 0 aliphatic carbocycles. The van der Waals surface area contributed by atoms with Crippen LogP contribution < -0.4 is 11.1 Å². The van der Waals surface area contributed by atoms with Gasteiger partial charge in [0, 0.05) is 13.0 Å². The van der Waals surface area contributed by atoms with Crippen molar-refractivity contribution in [3.05, 3.63) is 12.2 Å². The highest BCUT2D eigenvalue weighted by molar-refractivity contribution is 5.81. The van der Waals surface area contributed by atoms with Crippen LogP contribution in [0.5, 0.6) is 0 Å². The second-order valence-corrected chi connectivity index (χ2v) is 3.88. The van der Waals surface area contributed by atoms with Crippen LogP contribution in [0.25, 0.3) is 0 Å². The second-order valence-electron chi connectivity index (χ2n) is 3.88. The van der Waals surface area contributed by atoms with Crippen molar-refractivity contribution < 1.29 is 4.79 Å². The zero-order chi connectivity index (χ0) is 12.0.